The number of carbonyl (C=O) groups excluding carboxylic acids is 1. The van der Waals surface area contributed by atoms with E-state index in [4.69, 9.17) is 56.4 Å². The molecule has 3 fully saturated rings. The second-order valence-electron chi connectivity index (χ2n) is 17.2. The number of fused-ring (bicyclic) bond motifs is 3. The molecule has 392 valence electrons. The Morgan fingerprint density at radius 1 is 0.667 bits per heavy atom. The Morgan fingerprint density at radius 3 is 1.51 bits per heavy atom. The Balaban J connectivity index is 0.000000305. The molecular weight excluding hydrogens is 945 g/mol. The standard InChI is InChI=1S/C26H29NO9.C25H31NO8.2H2O/c1-8-12-31-21-16-10-11-17(13(3)19(16)33-23(28)18(21)15(5)27-30-7)32-24-22-20(34-25(29)35-22)14(4)26(6,9-2)36-24;1-8-12-31-22-16-10-11-17(13(3)21(16)33-23(29)18(22)15(5)26-30-7)32-24-20(28)19(27)14(4)25(6,9-2)34-24;;/h8-11,14,20,22,24H,1-2,12H2,3-7H3;8-11,14,19-20,24,27-28H,1-2,12H2,3-7H3;2*1H2/b27-15+;26-15+;;/t14?,20?,22?,24?,26-;14?,19?,20?,24?,25-;;/m00../s1. The molecule has 3 aliphatic heterocycles. The fourth-order valence-corrected chi connectivity index (χ4v) is 8.40. The van der Waals surface area contributed by atoms with Crippen LogP contribution in [-0.4, -0.2) is 114 Å². The van der Waals surface area contributed by atoms with Crippen LogP contribution in [0.4, 0.5) is 4.79 Å². The predicted octanol–water partition coefficient (Wildman–Crippen LogP) is 5.68. The van der Waals surface area contributed by atoms with Gasteiger partial charge in [0.2, 0.25) is 18.7 Å². The number of benzene rings is 2. The van der Waals surface area contributed by atoms with E-state index < -0.39 is 71.5 Å². The molecule has 0 spiro atoms. The molecule has 0 aliphatic carbocycles. The minimum Gasteiger partial charge on any atom is -0.488 e. The maximum absolute atomic E-state index is 13.0. The second-order valence-corrected chi connectivity index (χ2v) is 17.2. The summed E-state index contributed by atoms with van der Waals surface area (Å²) in [6.45, 7) is 29.2. The first kappa shape index (κ1) is 57.6. The van der Waals surface area contributed by atoms with Crippen LogP contribution in [0, 0.1) is 25.7 Å². The summed E-state index contributed by atoms with van der Waals surface area (Å²) < 4.78 is 58.0. The summed E-state index contributed by atoms with van der Waals surface area (Å²) >= 11 is 0. The number of hydrogen-bond donors (Lipinski definition) is 2. The third-order valence-electron chi connectivity index (χ3n) is 12.9. The van der Waals surface area contributed by atoms with Crippen LogP contribution in [0.15, 0.2) is 104 Å². The first-order valence-corrected chi connectivity index (χ1v) is 22.3. The molecule has 0 bridgehead atoms. The zero-order chi connectivity index (χ0) is 51.4. The summed E-state index contributed by atoms with van der Waals surface area (Å²) in [7, 11) is 2.76. The van der Waals surface area contributed by atoms with Crippen molar-refractivity contribution < 1.29 is 82.4 Å². The van der Waals surface area contributed by atoms with Gasteiger partial charge in [0, 0.05) is 23.0 Å². The molecule has 3 aliphatic rings. The van der Waals surface area contributed by atoms with E-state index in [1.165, 1.54) is 14.2 Å². The highest BCUT2D eigenvalue weighted by Gasteiger charge is 2.57. The van der Waals surface area contributed by atoms with Crippen molar-refractivity contribution in [3.63, 3.8) is 0 Å². The van der Waals surface area contributed by atoms with Gasteiger partial charge in [-0.2, -0.15) is 0 Å². The van der Waals surface area contributed by atoms with Crippen LogP contribution in [0.25, 0.3) is 21.9 Å². The van der Waals surface area contributed by atoms with Gasteiger partial charge in [-0.1, -0.05) is 61.6 Å². The highest BCUT2D eigenvalue weighted by molar-refractivity contribution is 6.06. The van der Waals surface area contributed by atoms with Gasteiger partial charge in [-0.25, -0.2) is 14.4 Å². The molecule has 8 unspecified atom stereocenters. The Bertz CT molecular complexity index is 2850. The van der Waals surface area contributed by atoms with E-state index in [0.29, 0.717) is 44.8 Å². The minimum absolute atomic E-state index is 0. The molecule has 7 rings (SSSR count). The highest BCUT2D eigenvalue weighted by atomic mass is 16.8. The number of aliphatic hydroxyl groups excluding tert-OH is 2. The topological polar surface area (TPSA) is 298 Å². The number of oxime groups is 2. The molecule has 2 aromatic carbocycles. The third-order valence-corrected chi connectivity index (χ3v) is 12.9. The number of nitrogens with zero attached hydrogens (tertiary/aromatic N) is 2. The van der Waals surface area contributed by atoms with Crippen molar-refractivity contribution in [3.8, 4) is 23.0 Å². The summed E-state index contributed by atoms with van der Waals surface area (Å²) in [4.78, 5) is 47.4. The van der Waals surface area contributed by atoms with Crippen molar-refractivity contribution in [2.75, 3.05) is 27.4 Å². The first-order chi connectivity index (χ1) is 33.2. The number of rotatable bonds is 16. The average Bonchev–Trinajstić information content (AvgIpc) is 3.74. The summed E-state index contributed by atoms with van der Waals surface area (Å²) in [6, 6.07) is 6.72. The summed E-state index contributed by atoms with van der Waals surface area (Å²) in [5.74, 6) is 0.601. The summed E-state index contributed by atoms with van der Waals surface area (Å²) in [6.07, 6.45) is -0.364. The first-order valence-electron chi connectivity index (χ1n) is 22.3. The fraction of sp³-hybridized carbons (Fsp3) is 0.431. The van der Waals surface area contributed by atoms with Crippen LogP contribution in [0.5, 0.6) is 23.0 Å². The van der Waals surface area contributed by atoms with E-state index in [9.17, 15) is 24.6 Å². The normalized spacial score (nSPS) is 26.7. The van der Waals surface area contributed by atoms with Crippen molar-refractivity contribution >= 4 is 39.5 Å². The van der Waals surface area contributed by atoms with Crippen molar-refractivity contribution in [2.45, 2.75) is 104 Å². The van der Waals surface area contributed by atoms with Gasteiger partial charge in [0.05, 0.1) is 39.5 Å². The van der Waals surface area contributed by atoms with Crippen molar-refractivity contribution in [1.29, 1.82) is 0 Å². The van der Waals surface area contributed by atoms with E-state index in [-0.39, 0.29) is 63.9 Å². The monoisotopic (exact) mass is 1010 g/mol. The fourth-order valence-electron chi connectivity index (χ4n) is 8.40. The molecule has 6 N–H and O–H groups in total. The molecule has 0 radical (unpaired) electrons. The smallest absolute Gasteiger partial charge is 0.488 e. The van der Waals surface area contributed by atoms with Gasteiger partial charge in [-0.3, -0.25) is 0 Å². The lowest BCUT2D eigenvalue weighted by atomic mass is 9.81. The highest BCUT2D eigenvalue weighted by Crippen LogP contribution is 2.44. The molecule has 10 atom stereocenters. The molecule has 5 heterocycles. The van der Waals surface area contributed by atoms with Gasteiger partial charge in [-0.05, 0) is 65.8 Å². The van der Waals surface area contributed by atoms with Gasteiger partial charge in [0.1, 0.15) is 78.8 Å². The van der Waals surface area contributed by atoms with Gasteiger partial charge in [-0.15, -0.1) is 13.2 Å². The van der Waals surface area contributed by atoms with Crippen LogP contribution in [-0.2, 0) is 28.6 Å². The predicted molar refractivity (Wildman–Crippen MR) is 265 cm³/mol. The van der Waals surface area contributed by atoms with Crippen LogP contribution in [0.1, 0.15) is 63.8 Å². The van der Waals surface area contributed by atoms with E-state index in [2.05, 4.69) is 36.6 Å². The molecule has 2 aromatic heterocycles. The van der Waals surface area contributed by atoms with Crippen LogP contribution in [0.2, 0.25) is 0 Å². The number of aliphatic hydroxyl groups is 2. The molecule has 0 saturated carbocycles. The molecule has 4 aromatic rings. The number of aryl methyl sites for hydroxylation is 2. The Labute approximate surface area is 415 Å². The van der Waals surface area contributed by atoms with Crippen LogP contribution in [0.3, 0.4) is 0 Å². The number of hydrogen-bond acceptors (Lipinski definition) is 19. The minimum atomic E-state index is -1.30. The summed E-state index contributed by atoms with van der Waals surface area (Å²) in [5, 5.41) is 29.8. The third kappa shape index (κ3) is 10.9. The van der Waals surface area contributed by atoms with E-state index in [0.717, 1.165) is 0 Å². The second kappa shape index (κ2) is 23.5. The van der Waals surface area contributed by atoms with E-state index in [1.807, 2.05) is 13.8 Å². The summed E-state index contributed by atoms with van der Waals surface area (Å²) in [5.41, 5.74) is -0.706. The van der Waals surface area contributed by atoms with E-state index in [1.54, 1.807) is 90.1 Å². The Hall–Kier alpha value is -7.01. The lowest BCUT2D eigenvalue weighted by Crippen LogP contribution is -2.59. The van der Waals surface area contributed by atoms with Gasteiger partial charge >= 0.3 is 17.4 Å². The van der Waals surface area contributed by atoms with Gasteiger partial charge < -0.3 is 77.6 Å². The average molecular weight is 1010 g/mol. The lowest BCUT2D eigenvalue weighted by molar-refractivity contribution is -0.275. The zero-order valence-electron chi connectivity index (χ0n) is 41.9. The molecular formula is C51H64N2O19. The molecule has 21 nitrogen and oxygen atoms in total. The van der Waals surface area contributed by atoms with Crippen molar-refractivity contribution in [1.82, 2.24) is 0 Å². The molecule has 0 amide bonds. The maximum atomic E-state index is 13.0. The van der Waals surface area contributed by atoms with Crippen LogP contribution < -0.4 is 30.2 Å². The maximum Gasteiger partial charge on any atom is 0.509 e. The molecule has 3 saturated heterocycles. The zero-order valence-corrected chi connectivity index (χ0v) is 41.9. The Kier molecular flexibility index (Phi) is 18.8. The SMILES string of the molecule is C=CCOc1c(/C(C)=N/OC)c(=O)oc2c(C)c(OC3O[C@@](C)(C=C)C(C)C(O)C3O)ccc12.C=CCOc1c(/C(C)=N/OC)c(=O)oc2c(C)c(OC3O[C@@](C)(C=C)C(C)C4OC(=O)OC34)ccc12.O.O. The quantitative estimate of drug-likeness (QED) is 0.0448. The number of carbonyl (C=O) groups is 1. The van der Waals surface area contributed by atoms with Gasteiger partial charge in [0.15, 0.2) is 6.10 Å². The van der Waals surface area contributed by atoms with Crippen molar-refractivity contribution in [2.24, 2.45) is 22.1 Å². The molecule has 21 heteroatoms. The molecule has 72 heavy (non-hydrogen) atoms. The van der Waals surface area contributed by atoms with E-state index >= 15 is 0 Å². The number of ether oxygens (including phenoxy) is 8. The van der Waals surface area contributed by atoms with Gasteiger partial charge in [0.25, 0.3) is 0 Å². The largest absolute Gasteiger partial charge is 0.509 e. The lowest BCUT2D eigenvalue weighted by Gasteiger charge is -2.46. The van der Waals surface area contributed by atoms with Crippen LogP contribution >= 0.6 is 0 Å². The van der Waals surface area contributed by atoms with Crippen molar-refractivity contribution in [3.05, 3.63) is 118 Å². The Morgan fingerprint density at radius 2 is 1.08 bits per heavy atom.